The van der Waals surface area contributed by atoms with Crippen LogP contribution in [0.4, 0.5) is 10.1 Å². The van der Waals surface area contributed by atoms with E-state index in [-0.39, 0.29) is 16.8 Å². The molecule has 0 aliphatic carbocycles. The molecule has 168 valence electrons. The molecule has 4 nitrogen and oxygen atoms in total. The van der Waals surface area contributed by atoms with Crippen LogP contribution in [0.25, 0.3) is 0 Å². The molecule has 4 rings (SSSR count). The lowest BCUT2D eigenvalue weighted by molar-refractivity contribution is 0.206. The second-order valence-corrected chi connectivity index (χ2v) is 10.4. The van der Waals surface area contributed by atoms with Crippen molar-refractivity contribution in [2.24, 2.45) is 0 Å². The number of anilines is 1. The van der Waals surface area contributed by atoms with Crippen molar-refractivity contribution in [1.29, 1.82) is 0 Å². The van der Waals surface area contributed by atoms with Crippen LogP contribution < -0.4 is 4.31 Å². The average Bonchev–Trinajstić information content (AvgIpc) is 2.76. The maximum absolute atomic E-state index is 13.7. The number of aryl methyl sites for hydroxylation is 2. The maximum Gasteiger partial charge on any atom is 0.264 e. The highest BCUT2D eigenvalue weighted by Gasteiger charge is 2.34. The van der Waals surface area contributed by atoms with Gasteiger partial charge in [0.2, 0.25) is 0 Å². The molecule has 0 saturated carbocycles. The van der Waals surface area contributed by atoms with Gasteiger partial charge in [0.15, 0.2) is 0 Å². The van der Waals surface area contributed by atoms with Crippen molar-refractivity contribution in [3.8, 4) is 0 Å². The first kappa shape index (κ1) is 22.5. The summed E-state index contributed by atoms with van der Waals surface area (Å²) in [7, 11) is -3.78. The zero-order chi connectivity index (χ0) is 22.7. The Hall–Kier alpha value is -2.70. The van der Waals surface area contributed by atoms with Gasteiger partial charge in [-0.3, -0.25) is 9.21 Å². The van der Waals surface area contributed by atoms with Gasteiger partial charge < -0.3 is 0 Å². The second kappa shape index (κ2) is 9.43. The Labute approximate surface area is 190 Å². The summed E-state index contributed by atoms with van der Waals surface area (Å²) in [5.41, 5.74) is 3.90. The van der Waals surface area contributed by atoms with E-state index >= 15 is 0 Å². The predicted molar refractivity (Wildman–Crippen MR) is 127 cm³/mol. The van der Waals surface area contributed by atoms with Gasteiger partial charge in [-0.25, -0.2) is 12.8 Å². The molecule has 3 aromatic rings. The first-order valence-corrected chi connectivity index (χ1v) is 12.4. The quantitative estimate of drug-likeness (QED) is 0.509. The zero-order valence-corrected chi connectivity index (χ0v) is 19.4. The van der Waals surface area contributed by atoms with Crippen LogP contribution in [0.3, 0.4) is 0 Å². The van der Waals surface area contributed by atoms with E-state index in [4.69, 9.17) is 0 Å². The Morgan fingerprint density at radius 2 is 1.53 bits per heavy atom. The summed E-state index contributed by atoms with van der Waals surface area (Å²) >= 11 is 0. The number of likely N-dealkylation sites (tertiary alicyclic amines) is 1. The molecular formula is C26H29FN2O2S. The number of sulfonamides is 1. The lowest BCUT2D eigenvalue weighted by atomic mass is 10.0. The molecular weight excluding hydrogens is 423 g/mol. The Kier molecular flexibility index (Phi) is 6.63. The SMILES string of the molecule is Cc1cccc(CN2CCC(N(c3ccc(F)cc3)S(=O)(=O)c3cccc(C)c3)CC2)c1. The number of rotatable bonds is 6. The fourth-order valence-electron chi connectivity index (χ4n) is 4.40. The highest BCUT2D eigenvalue weighted by Crippen LogP contribution is 2.31. The molecule has 32 heavy (non-hydrogen) atoms. The standard InChI is InChI=1S/C26H29FN2O2S/c1-20-5-3-7-22(17-20)19-28-15-13-25(14-16-28)29(24-11-9-23(27)10-12-24)32(30,31)26-8-4-6-21(2)18-26/h3-12,17-18,25H,13-16,19H2,1-2H3. The number of nitrogens with zero attached hydrogens (tertiary/aromatic N) is 2. The molecule has 1 saturated heterocycles. The van der Waals surface area contributed by atoms with Crippen molar-refractivity contribution in [2.75, 3.05) is 17.4 Å². The minimum absolute atomic E-state index is 0.181. The number of halogens is 1. The van der Waals surface area contributed by atoms with Crippen LogP contribution in [0.1, 0.15) is 29.5 Å². The smallest absolute Gasteiger partial charge is 0.264 e. The molecule has 0 unspecified atom stereocenters. The Morgan fingerprint density at radius 3 is 2.16 bits per heavy atom. The third kappa shape index (κ3) is 5.03. The van der Waals surface area contributed by atoms with Crippen LogP contribution in [-0.4, -0.2) is 32.4 Å². The number of hydrogen-bond acceptors (Lipinski definition) is 3. The van der Waals surface area contributed by atoms with Gasteiger partial charge in [0, 0.05) is 25.7 Å². The van der Waals surface area contributed by atoms with Crippen molar-refractivity contribution < 1.29 is 12.8 Å². The molecule has 0 aromatic heterocycles. The van der Waals surface area contributed by atoms with E-state index in [0.29, 0.717) is 18.5 Å². The molecule has 0 bridgehead atoms. The summed E-state index contributed by atoms with van der Waals surface area (Å²) in [4.78, 5) is 2.64. The molecule has 0 N–H and O–H groups in total. The molecule has 6 heteroatoms. The van der Waals surface area contributed by atoms with Gasteiger partial charge in [0.1, 0.15) is 5.82 Å². The molecule has 0 radical (unpaired) electrons. The minimum Gasteiger partial charge on any atom is -0.299 e. The third-order valence-electron chi connectivity index (χ3n) is 6.00. The van der Waals surface area contributed by atoms with Crippen LogP contribution in [0.5, 0.6) is 0 Å². The molecule has 0 atom stereocenters. The molecule has 1 fully saturated rings. The summed E-state index contributed by atoms with van der Waals surface area (Å²) in [6.45, 7) is 6.44. The summed E-state index contributed by atoms with van der Waals surface area (Å²) in [5.74, 6) is -0.380. The summed E-state index contributed by atoms with van der Waals surface area (Å²) in [5, 5.41) is 0. The van der Waals surface area contributed by atoms with Crippen LogP contribution >= 0.6 is 0 Å². The van der Waals surface area contributed by atoms with Gasteiger partial charge in [-0.15, -0.1) is 0 Å². The number of piperidine rings is 1. The third-order valence-corrected chi connectivity index (χ3v) is 7.88. The van der Waals surface area contributed by atoms with E-state index in [2.05, 4.69) is 36.1 Å². The lowest BCUT2D eigenvalue weighted by Crippen LogP contribution is -2.47. The largest absolute Gasteiger partial charge is 0.299 e. The average molecular weight is 453 g/mol. The van der Waals surface area contributed by atoms with Crippen molar-refractivity contribution in [2.45, 2.75) is 44.2 Å². The van der Waals surface area contributed by atoms with E-state index < -0.39 is 10.0 Å². The topological polar surface area (TPSA) is 40.6 Å². The van der Waals surface area contributed by atoms with Crippen LogP contribution in [0, 0.1) is 19.7 Å². The molecule has 3 aromatic carbocycles. The molecule has 1 heterocycles. The Morgan fingerprint density at radius 1 is 0.906 bits per heavy atom. The second-order valence-electron chi connectivity index (χ2n) is 8.59. The number of hydrogen-bond donors (Lipinski definition) is 0. The van der Waals surface area contributed by atoms with E-state index in [9.17, 15) is 12.8 Å². The molecule has 1 aliphatic rings. The van der Waals surface area contributed by atoms with Crippen molar-refractivity contribution in [1.82, 2.24) is 4.90 Å². The normalized spacial score (nSPS) is 15.6. The van der Waals surface area contributed by atoms with E-state index in [1.165, 1.54) is 27.6 Å². The lowest BCUT2D eigenvalue weighted by Gasteiger charge is -2.39. The Bertz CT molecular complexity index is 1170. The first-order chi connectivity index (χ1) is 15.3. The van der Waals surface area contributed by atoms with Crippen LogP contribution in [-0.2, 0) is 16.6 Å². The summed E-state index contributed by atoms with van der Waals surface area (Å²) < 4.78 is 42.5. The fraction of sp³-hybridized carbons (Fsp3) is 0.308. The van der Waals surface area contributed by atoms with Crippen LogP contribution in [0.2, 0.25) is 0 Å². The molecule has 0 amide bonds. The van der Waals surface area contributed by atoms with Gasteiger partial charge in [-0.1, -0.05) is 42.0 Å². The summed E-state index contributed by atoms with van der Waals surface area (Å²) in [6.07, 6.45) is 1.43. The highest BCUT2D eigenvalue weighted by molar-refractivity contribution is 7.92. The molecule has 1 aliphatic heterocycles. The van der Waals surface area contributed by atoms with E-state index in [1.54, 1.807) is 30.3 Å². The fourth-order valence-corrected chi connectivity index (χ4v) is 6.22. The number of benzene rings is 3. The van der Waals surface area contributed by atoms with Gasteiger partial charge >= 0.3 is 0 Å². The van der Waals surface area contributed by atoms with Gasteiger partial charge in [0.05, 0.1) is 10.6 Å². The van der Waals surface area contributed by atoms with Gasteiger partial charge in [-0.05, 0) is 74.2 Å². The van der Waals surface area contributed by atoms with Gasteiger partial charge in [0.25, 0.3) is 10.0 Å². The Balaban J connectivity index is 1.58. The first-order valence-electron chi connectivity index (χ1n) is 11.0. The van der Waals surface area contributed by atoms with Crippen molar-refractivity contribution in [3.63, 3.8) is 0 Å². The monoisotopic (exact) mass is 452 g/mol. The van der Waals surface area contributed by atoms with Crippen molar-refractivity contribution >= 4 is 15.7 Å². The predicted octanol–water partition coefficient (Wildman–Crippen LogP) is 5.30. The summed E-state index contributed by atoms with van der Waals surface area (Å²) in [6, 6.07) is 21.0. The molecule has 0 spiro atoms. The highest BCUT2D eigenvalue weighted by atomic mass is 32.2. The van der Waals surface area contributed by atoms with E-state index in [0.717, 1.165) is 25.2 Å². The maximum atomic E-state index is 13.7. The zero-order valence-electron chi connectivity index (χ0n) is 18.5. The van der Waals surface area contributed by atoms with Gasteiger partial charge in [-0.2, -0.15) is 0 Å². The van der Waals surface area contributed by atoms with Crippen LogP contribution in [0.15, 0.2) is 77.7 Å². The van der Waals surface area contributed by atoms with E-state index in [1.807, 2.05) is 13.0 Å². The van der Waals surface area contributed by atoms with Crippen molar-refractivity contribution in [3.05, 3.63) is 95.3 Å². The minimum atomic E-state index is -3.78.